The number of Topliss-reactive ketones (excluding diaryl/α,β-unsaturated/α-hetero) is 1. The van der Waals surface area contributed by atoms with E-state index in [4.69, 9.17) is 14.2 Å². The van der Waals surface area contributed by atoms with Gasteiger partial charge in [-0.05, 0) is 13.8 Å². The summed E-state index contributed by atoms with van der Waals surface area (Å²) in [5.74, 6) is -0.592. The van der Waals surface area contributed by atoms with Gasteiger partial charge >= 0.3 is 0 Å². The van der Waals surface area contributed by atoms with E-state index in [2.05, 4.69) is 10.6 Å². The van der Waals surface area contributed by atoms with Gasteiger partial charge in [0.1, 0.15) is 6.61 Å². The Kier molecular flexibility index (Phi) is 13.9. The van der Waals surface area contributed by atoms with Crippen LogP contribution in [0.3, 0.4) is 0 Å². The van der Waals surface area contributed by atoms with Crippen LogP contribution in [-0.2, 0) is 28.6 Å². The minimum atomic E-state index is -0.307. The Bertz CT molecular complexity index is 399. The molecule has 0 spiro atoms. The maximum absolute atomic E-state index is 11.5. The van der Waals surface area contributed by atoms with E-state index in [0.29, 0.717) is 19.8 Å². The van der Waals surface area contributed by atoms with Crippen molar-refractivity contribution < 1.29 is 28.6 Å². The molecule has 0 atom stereocenters. The Balaban J connectivity index is 3.49. The van der Waals surface area contributed by atoms with E-state index >= 15 is 0 Å². The van der Waals surface area contributed by atoms with Gasteiger partial charge in [-0.15, -0.1) is 0 Å². The number of amides is 2. The average molecular weight is 360 g/mol. The van der Waals surface area contributed by atoms with Gasteiger partial charge in [0.2, 0.25) is 11.8 Å². The van der Waals surface area contributed by atoms with Gasteiger partial charge in [0, 0.05) is 18.9 Å². The van der Waals surface area contributed by atoms with Crippen LogP contribution < -0.4 is 10.6 Å². The lowest BCUT2D eigenvalue weighted by atomic mass is 10.1. The van der Waals surface area contributed by atoms with Gasteiger partial charge in [-0.3, -0.25) is 14.4 Å². The van der Waals surface area contributed by atoms with E-state index in [1.165, 1.54) is 0 Å². The normalized spacial score (nSPS) is 11.0. The first-order chi connectivity index (χ1) is 11.8. The molecule has 8 heteroatoms. The first-order valence-corrected chi connectivity index (χ1v) is 8.66. The fraction of sp³-hybridized carbons (Fsp3) is 0.824. The largest absolute Gasteiger partial charge is 0.379 e. The number of hydrogen-bond acceptors (Lipinski definition) is 6. The number of ketones is 1. The van der Waals surface area contributed by atoms with Crippen LogP contribution in [0.2, 0.25) is 0 Å². The van der Waals surface area contributed by atoms with Crippen molar-refractivity contribution in [1.29, 1.82) is 0 Å². The number of nitrogens with one attached hydrogen (secondary N) is 2. The molecule has 0 aliphatic heterocycles. The molecule has 0 unspecified atom stereocenters. The summed E-state index contributed by atoms with van der Waals surface area (Å²) in [6.45, 7) is 9.20. The van der Waals surface area contributed by atoms with Crippen LogP contribution in [-0.4, -0.2) is 69.8 Å². The fourth-order valence-corrected chi connectivity index (χ4v) is 1.54. The first-order valence-electron chi connectivity index (χ1n) is 8.66. The fourth-order valence-electron chi connectivity index (χ4n) is 1.54. The zero-order chi connectivity index (χ0) is 19.1. The molecule has 0 aliphatic carbocycles. The predicted molar refractivity (Wildman–Crippen MR) is 93.2 cm³/mol. The van der Waals surface area contributed by atoms with Crippen molar-refractivity contribution in [2.45, 2.75) is 40.2 Å². The minimum absolute atomic E-state index is 0.0246. The Labute approximate surface area is 150 Å². The van der Waals surface area contributed by atoms with Gasteiger partial charge in [-0.2, -0.15) is 0 Å². The molecule has 0 heterocycles. The van der Waals surface area contributed by atoms with Crippen molar-refractivity contribution >= 4 is 17.6 Å². The van der Waals surface area contributed by atoms with Crippen molar-refractivity contribution in [2.75, 3.05) is 46.1 Å². The molecule has 0 saturated heterocycles. The third kappa shape index (κ3) is 15.7. The van der Waals surface area contributed by atoms with E-state index in [9.17, 15) is 14.4 Å². The van der Waals surface area contributed by atoms with Gasteiger partial charge in [0.05, 0.1) is 39.1 Å². The smallest absolute Gasteiger partial charge is 0.239 e. The van der Waals surface area contributed by atoms with Crippen molar-refractivity contribution in [3.63, 3.8) is 0 Å². The number of ether oxygens (including phenoxy) is 3. The van der Waals surface area contributed by atoms with Crippen LogP contribution in [0.25, 0.3) is 0 Å². The average Bonchev–Trinajstić information content (AvgIpc) is 2.55. The molecule has 2 amide bonds. The summed E-state index contributed by atoms with van der Waals surface area (Å²) in [6.07, 6.45) is 0.349. The third-order valence-corrected chi connectivity index (χ3v) is 3.06. The van der Waals surface area contributed by atoms with Crippen molar-refractivity contribution in [3.05, 3.63) is 0 Å². The molecule has 146 valence electrons. The van der Waals surface area contributed by atoms with E-state index < -0.39 is 0 Å². The second-order valence-corrected chi connectivity index (χ2v) is 6.08. The highest BCUT2D eigenvalue weighted by molar-refractivity contribution is 5.84. The number of carbonyl (C=O) groups excluding carboxylic acids is 3. The number of hydrogen-bond donors (Lipinski definition) is 2. The Morgan fingerprint density at radius 3 is 2.20 bits per heavy atom. The number of carbonyl (C=O) groups is 3. The Morgan fingerprint density at radius 2 is 1.56 bits per heavy atom. The summed E-state index contributed by atoms with van der Waals surface area (Å²) in [5.41, 5.74) is 0. The van der Waals surface area contributed by atoms with E-state index in [1.807, 2.05) is 13.8 Å². The molecule has 0 rings (SSSR count). The van der Waals surface area contributed by atoms with Gasteiger partial charge < -0.3 is 24.8 Å². The van der Waals surface area contributed by atoms with E-state index in [0.717, 1.165) is 0 Å². The van der Waals surface area contributed by atoms with Crippen LogP contribution in [0.1, 0.15) is 34.1 Å². The van der Waals surface area contributed by atoms with Crippen LogP contribution in [0.15, 0.2) is 0 Å². The van der Waals surface area contributed by atoms with Gasteiger partial charge in [0.25, 0.3) is 0 Å². The van der Waals surface area contributed by atoms with Crippen LogP contribution >= 0.6 is 0 Å². The molecular formula is C17H32N2O6. The highest BCUT2D eigenvalue weighted by atomic mass is 16.5. The Morgan fingerprint density at radius 1 is 0.840 bits per heavy atom. The van der Waals surface area contributed by atoms with Crippen LogP contribution in [0.5, 0.6) is 0 Å². The maximum Gasteiger partial charge on any atom is 0.239 e. The lowest BCUT2D eigenvalue weighted by molar-refractivity contribution is -0.127. The SMILES string of the molecule is CC(C)OCCOCCC(=O)NCC(=O)NCCOCC(=O)C(C)C. The highest BCUT2D eigenvalue weighted by Gasteiger charge is 2.07. The molecule has 0 saturated carbocycles. The zero-order valence-corrected chi connectivity index (χ0v) is 15.8. The van der Waals surface area contributed by atoms with E-state index in [1.54, 1.807) is 13.8 Å². The summed E-state index contributed by atoms with van der Waals surface area (Å²) < 4.78 is 15.7. The van der Waals surface area contributed by atoms with Crippen molar-refractivity contribution in [1.82, 2.24) is 10.6 Å². The molecule has 2 N–H and O–H groups in total. The molecule has 0 aromatic rings. The summed E-state index contributed by atoms with van der Waals surface area (Å²) in [5, 5.41) is 5.11. The molecule has 25 heavy (non-hydrogen) atoms. The lowest BCUT2D eigenvalue weighted by Crippen LogP contribution is -2.38. The Hall–Kier alpha value is -1.51. The predicted octanol–water partition coefficient (Wildman–Crippen LogP) is 0.292. The monoisotopic (exact) mass is 360 g/mol. The van der Waals surface area contributed by atoms with E-state index in [-0.39, 0.29) is 62.4 Å². The molecule has 0 radical (unpaired) electrons. The highest BCUT2D eigenvalue weighted by Crippen LogP contribution is 1.94. The quantitative estimate of drug-likeness (QED) is 0.407. The molecule has 0 bridgehead atoms. The van der Waals surface area contributed by atoms with Gasteiger partial charge in [-0.1, -0.05) is 13.8 Å². The second kappa shape index (κ2) is 14.8. The summed E-state index contributed by atoms with van der Waals surface area (Å²) in [7, 11) is 0. The molecule has 0 aromatic carbocycles. The van der Waals surface area contributed by atoms with Crippen molar-refractivity contribution in [2.24, 2.45) is 5.92 Å². The maximum atomic E-state index is 11.5. The number of rotatable bonds is 15. The second-order valence-electron chi connectivity index (χ2n) is 6.08. The van der Waals surface area contributed by atoms with Crippen LogP contribution in [0.4, 0.5) is 0 Å². The van der Waals surface area contributed by atoms with Gasteiger partial charge in [-0.25, -0.2) is 0 Å². The molecule has 0 aliphatic rings. The first kappa shape index (κ1) is 23.5. The van der Waals surface area contributed by atoms with Crippen molar-refractivity contribution in [3.8, 4) is 0 Å². The third-order valence-electron chi connectivity index (χ3n) is 3.06. The standard InChI is InChI=1S/C17H32N2O6/c1-13(2)15(20)12-24-8-6-18-17(22)11-19-16(21)5-7-23-9-10-25-14(3)4/h13-14H,5-12H2,1-4H3,(H,18,22)(H,19,21). The summed E-state index contributed by atoms with van der Waals surface area (Å²) in [4.78, 5) is 34.4. The zero-order valence-electron chi connectivity index (χ0n) is 15.8. The molecule has 0 fully saturated rings. The minimum Gasteiger partial charge on any atom is -0.379 e. The summed E-state index contributed by atoms with van der Waals surface area (Å²) >= 11 is 0. The molecular weight excluding hydrogens is 328 g/mol. The molecule has 0 aromatic heterocycles. The van der Waals surface area contributed by atoms with Crippen LogP contribution in [0, 0.1) is 5.92 Å². The van der Waals surface area contributed by atoms with Gasteiger partial charge in [0.15, 0.2) is 5.78 Å². The summed E-state index contributed by atoms with van der Waals surface area (Å²) in [6, 6.07) is 0. The molecule has 8 nitrogen and oxygen atoms in total. The lowest BCUT2D eigenvalue weighted by Gasteiger charge is -2.09. The topological polar surface area (TPSA) is 103 Å².